The predicted octanol–water partition coefficient (Wildman–Crippen LogP) is 4.24. The van der Waals surface area contributed by atoms with Crippen molar-refractivity contribution in [1.82, 2.24) is 0 Å². The lowest BCUT2D eigenvalue weighted by atomic mass is 10.1. The monoisotopic (exact) mass is 337 g/mol. The molecule has 0 fully saturated rings. The van der Waals surface area contributed by atoms with Crippen molar-refractivity contribution in [2.24, 2.45) is 0 Å². The van der Waals surface area contributed by atoms with Crippen LogP contribution in [0.5, 0.6) is 11.5 Å². The molecule has 0 amide bonds. The molecule has 2 heterocycles. The molecule has 0 aromatic heterocycles. The van der Waals surface area contributed by atoms with Gasteiger partial charge in [0.15, 0.2) is 5.76 Å². The number of carbonyl (C=O) groups excluding carboxylic acids is 1. The number of fused-ring (bicyclic) bond motifs is 2. The minimum absolute atomic E-state index is 0.0766. The molecular weight excluding hydrogens is 322 g/mol. The van der Waals surface area contributed by atoms with Crippen LogP contribution in [-0.2, 0) is 0 Å². The van der Waals surface area contributed by atoms with Gasteiger partial charge in [-0.05, 0) is 36.4 Å². The first-order valence-corrected chi connectivity index (χ1v) is 8.32. The highest BCUT2D eigenvalue weighted by atomic mass is 32.2. The Bertz CT molecular complexity index is 901. The van der Waals surface area contributed by atoms with Crippen LogP contribution in [0.1, 0.15) is 10.4 Å². The zero-order valence-corrected chi connectivity index (χ0v) is 14.1. The van der Waals surface area contributed by atoms with E-state index in [0.717, 1.165) is 21.4 Å². The largest absolute Gasteiger partial charge is 0.497 e. The summed E-state index contributed by atoms with van der Waals surface area (Å²) in [6.07, 6.45) is 3.65. The lowest BCUT2D eigenvalue weighted by Gasteiger charge is -2.13. The topological polar surface area (TPSA) is 38.8 Å². The number of anilines is 1. The van der Waals surface area contributed by atoms with E-state index >= 15 is 0 Å². The number of allylic oxidation sites excluding steroid dienone is 3. The molecule has 0 saturated heterocycles. The molecule has 0 atom stereocenters. The summed E-state index contributed by atoms with van der Waals surface area (Å²) in [5.41, 5.74) is 1.70. The van der Waals surface area contributed by atoms with E-state index < -0.39 is 0 Å². The Hall–Kier alpha value is -2.66. The van der Waals surface area contributed by atoms with Gasteiger partial charge in [0.2, 0.25) is 5.78 Å². The normalized spacial score (nSPS) is 18.8. The second kappa shape index (κ2) is 5.76. The molecule has 2 aromatic rings. The molecule has 0 saturated carbocycles. The molecular formula is C19H15NO3S. The summed E-state index contributed by atoms with van der Waals surface area (Å²) in [5, 5.41) is 1.03. The fraction of sp³-hybridized carbons (Fsp3) is 0.105. The number of thioether (sulfide) groups is 1. The van der Waals surface area contributed by atoms with E-state index in [1.54, 1.807) is 37.1 Å². The Morgan fingerprint density at radius 2 is 2.00 bits per heavy atom. The first-order valence-electron chi connectivity index (χ1n) is 7.50. The highest BCUT2D eigenvalue weighted by molar-refractivity contribution is 8.03. The lowest BCUT2D eigenvalue weighted by Crippen LogP contribution is -2.09. The molecule has 2 aliphatic heterocycles. The second-order valence-electron chi connectivity index (χ2n) is 5.46. The van der Waals surface area contributed by atoms with Crippen molar-refractivity contribution in [2.45, 2.75) is 4.90 Å². The SMILES string of the molecule is COc1ccc2c(c1)N(C)/C(=C/C=C1/Oc3ccccc3C1=O)S2. The summed E-state index contributed by atoms with van der Waals surface area (Å²) in [7, 11) is 3.65. The molecule has 2 aliphatic rings. The third-order valence-corrected chi connectivity index (χ3v) is 5.21. The van der Waals surface area contributed by atoms with Gasteiger partial charge in [-0.3, -0.25) is 4.79 Å². The van der Waals surface area contributed by atoms with Crippen LogP contribution < -0.4 is 14.4 Å². The number of Topliss-reactive ketones (excluding diaryl/α,β-unsaturated/α-hetero) is 1. The van der Waals surface area contributed by atoms with Gasteiger partial charge in [-0.25, -0.2) is 0 Å². The standard InChI is InChI=1S/C19H15NO3S/c1-20-14-11-12(22-2)7-9-17(14)24-18(20)10-8-16-19(21)13-5-3-4-6-15(13)23-16/h3-11H,1-2H3/b16-8+,18-10-. The van der Waals surface area contributed by atoms with Gasteiger partial charge in [-0.1, -0.05) is 23.9 Å². The predicted molar refractivity (Wildman–Crippen MR) is 94.8 cm³/mol. The smallest absolute Gasteiger partial charge is 0.231 e. The Balaban J connectivity index is 1.61. The summed E-state index contributed by atoms with van der Waals surface area (Å²) in [4.78, 5) is 15.6. The van der Waals surface area contributed by atoms with Crippen molar-refractivity contribution in [3.8, 4) is 11.5 Å². The molecule has 0 aliphatic carbocycles. The number of ether oxygens (including phenoxy) is 2. The zero-order chi connectivity index (χ0) is 16.7. The van der Waals surface area contributed by atoms with E-state index in [4.69, 9.17) is 9.47 Å². The van der Waals surface area contributed by atoms with Gasteiger partial charge in [0.05, 0.1) is 23.4 Å². The van der Waals surface area contributed by atoms with Crippen LogP contribution in [0.4, 0.5) is 5.69 Å². The van der Waals surface area contributed by atoms with E-state index in [9.17, 15) is 4.79 Å². The number of ketones is 1. The molecule has 24 heavy (non-hydrogen) atoms. The van der Waals surface area contributed by atoms with Gasteiger partial charge in [-0.2, -0.15) is 0 Å². The Kier molecular flexibility index (Phi) is 3.58. The summed E-state index contributed by atoms with van der Waals surface area (Å²) in [6.45, 7) is 0. The Morgan fingerprint density at radius 3 is 2.79 bits per heavy atom. The molecule has 4 nitrogen and oxygen atoms in total. The van der Waals surface area contributed by atoms with Gasteiger partial charge in [0, 0.05) is 18.0 Å². The summed E-state index contributed by atoms with van der Waals surface area (Å²) in [5.74, 6) is 1.72. The van der Waals surface area contributed by atoms with Gasteiger partial charge in [0.25, 0.3) is 0 Å². The minimum Gasteiger partial charge on any atom is -0.497 e. The Labute approximate surface area is 144 Å². The number of methoxy groups -OCH3 is 1. The quantitative estimate of drug-likeness (QED) is 0.767. The number of hydrogen-bond donors (Lipinski definition) is 0. The van der Waals surface area contributed by atoms with Crippen molar-refractivity contribution < 1.29 is 14.3 Å². The highest BCUT2D eigenvalue weighted by Crippen LogP contribution is 2.46. The van der Waals surface area contributed by atoms with Crippen LogP contribution in [0.25, 0.3) is 0 Å². The van der Waals surface area contributed by atoms with Gasteiger partial charge in [-0.15, -0.1) is 0 Å². The zero-order valence-electron chi connectivity index (χ0n) is 13.3. The van der Waals surface area contributed by atoms with Crippen molar-refractivity contribution in [3.63, 3.8) is 0 Å². The molecule has 0 bridgehead atoms. The average Bonchev–Trinajstić information content (AvgIpc) is 3.10. The van der Waals surface area contributed by atoms with Crippen LogP contribution in [0.3, 0.4) is 0 Å². The molecule has 0 radical (unpaired) electrons. The van der Waals surface area contributed by atoms with Crippen molar-refractivity contribution in [2.75, 3.05) is 19.1 Å². The molecule has 0 spiro atoms. The number of rotatable bonds is 2. The van der Waals surface area contributed by atoms with Crippen LogP contribution in [0.15, 0.2) is 70.3 Å². The minimum atomic E-state index is -0.0766. The molecule has 0 N–H and O–H groups in total. The van der Waals surface area contributed by atoms with E-state index in [1.807, 2.05) is 43.5 Å². The number of para-hydroxylation sites is 1. The molecule has 5 heteroatoms. The van der Waals surface area contributed by atoms with E-state index in [1.165, 1.54) is 0 Å². The van der Waals surface area contributed by atoms with E-state index in [0.29, 0.717) is 17.1 Å². The van der Waals surface area contributed by atoms with Crippen molar-refractivity contribution >= 4 is 23.2 Å². The van der Waals surface area contributed by atoms with Crippen LogP contribution >= 0.6 is 11.8 Å². The summed E-state index contributed by atoms with van der Waals surface area (Å²) in [6, 6.07) is 13.3. The lowest BCUT2D eigenvalue weighted by molar-refractivity contribution is 0.101. The molecule has 0 unspecified atom stereocenters. The van der Waals surface area contributed by atoms with Gasteiger partial charge >= 0.3 is 0 Å². The van der Waals surface area contributed by atoms with E-state index in [-0.39, 0.29) is 5.78 Å². The van der Waals surface area contributed by atoms with Crippen molar-refractivity contribution in [3.05, 3.63) is 71.0 Å². The number of benzene rings is 2. The van der Waals surface area contributed by atoms with Gasteiger partial charge in [0.1, 0.15) is 11.5 Å². The maximum atomic E-state index is 12.3. The molecule has 4 rings (SSSR count). The summed E-state index contributed by atoms with van der Waals surface area (Å²) < 4.78 is 10.9. The molecule has 2 aromatic carbocycles. The number of nitrogens with zero attached hydrogens (tertiary/aromatic N) is 1. The van der Waals surface area contributed by atoms with Crippen molar-refractivity contribution in [1.29, 1.82) is 0 Å². The first kappa shape index (κ1) is 14.9. The third kappa shape index (κ3) is 2.37. The van der Waals surface area contributed by atoms with Crippen LogP contribution in [-0.4, -0.2) is 19.9 Å². The third-order valence-electron chi connectivity index (χ3n) is 4.03. The Morgan fingerprint density at radius 1 is 1.17 bits per heavy atom. The summed E-state index contributed by atoms with van der Waals surface area (Å²) >= 11 is 1.65. The average molecular weight is 337 g/mol. The van der Waals surface area contributed by atoms with Crippen LogP contribution in [0, 0.1) is 0 Å². The number of hydrogen-bond acceptors (Lipinski definition) is 5. The maximum Gasteiger partial charge on any atom is 0.231 e. The fourth-order valence-electron chi connectivity index (χ4n) is 2.72. The maximum absolute atomic E-state index is 12.3. The van der Waals surface area contributed by atoms with Gasteiger partial charge < -0.3 is 14.4 Å². The molecule has 120 valence electrons. The fourth-order valence-corrected chi connectivity index (χ4v) is 3.75. The van der Waals surface area contributed by atoms with E-state index in [2.05, 4.69) is 4.90 Å². The first-order chi connectivity index (χ1) is 11.7. The van der Waals surface area contributed by atoms with Crippen LogP contribution in [0.2, 0.25) is 0 Å². The number of carbonyl (C=O) groups is 1. The highest BCUT2D eigenvalue weighted by Gasteiger charge is 2.27. The second-order valence-corrected chi connectivity index (χ2v) is 6.52.